The van der Waals surface area contributed by atoms with E-state index in [1.165, 1.54) is 0 Å². The monoisotopic (exact) mass is 594 g/mol. The Hall–Kier alpha value is -2.62. The van der Waals surface area contributed by atoms with Gasteiger partial charge in [0.25, 0.3) is 0 Å². The molecule has 0 aliphatic heterocycles. The van der Waals surface area contributed by atoms with Crippen molar-refractivity contribution < 1.29 is 38.5 Å². The van der Waals surface area contributed by atoms with Gasteiger partial charge in [-0.1, -0.05) is 26.8 Å². The van der Waals surface area contributed by atoms with Gasteiger partial charge in [-0.05, 0) is 76.5 Å². The van der Waals surface area contributed by atoms with Crippen LogP contribution in [0.3, 0.4) is 0 Å². The molecule has 0 heterocycles. The fraction of sp³-hybridized carbons (Fsp3) is 0.719. The Labute approximate surface area is 252 Å². The third-order valence-corrected chi connectivity index (χ3v) is 6.85. The van der Waals surface area contributed by atoms with Gasteiger partial charge in [0.15, 0.2) is 23.2 Å². The van der Waals surface area contributed by atoms with Gasteiger partial charge in [-0.15, -0.1) is 0 Å². The molecule has 0 bridgehead atoms. The van der Waals surface area contributed by atoms with Crippen molar-refractivity contribution in [1.82, 2.24) is 10.8 Å². The number of hydrogen-bond donors (Lipinski definition) is 3. The summed E-state index contributed by atoms with van der Waals surface area (Å²) in [7, 11) is 3.29. The maximum atomic E-state index is 12.7. The van der Waals surface area contributed by atoms with E-state index in [1.807, 2.05) is 39.0 Å². The molecule has 0 unspecified atom stereocenters. The minimum absolute atomic E-state index is 0.0403. The van der Waals surface area contributed by atoms with Gasteiger partial charge in [-0.2, -0.15) is 5.48 Å². The molecule has 10 nitrogen and oxygen atoms in total. The third-order valence-electron chi connectivity index (χ3n) is 6.85. The number of aliphatic hydroxyl groups excluding tert-OH is 1. The summed E-state index contributed by atoms with van der Waals surface area (Å²) in [4.78, 5) is 29.6. The first kappa shape index (κ1) is 37.4. The van der Waals surface area contributed by atoms with E-state index in [0.29, 0.717) is 43.7 Å². The fourth-order valence-electron chi connectivity index (χ4n) is 4.37. The molecule has 3 N–H and O–H groups in total. The Morgan fingerprint density at radius 2 is 1.79 bits per heavy atom. The van der Waals surface area contributed by atoms with E-state index in [1.54, 1.807) is 34.0 Å². The zero-order chi connectivity index (χ0) is 31.7. The van der Waals surface area contributed by atoms with Crippen molar-refractivity contribution in [2.75, 3.05) is 40.6 Å². The molecule has 0 aliphatic rings. The smallest absolute Gasteiger partial charge is 0.223 e. The van der Waals surface area contributed by atoms with Crippen molar-refractivity contribution in [3.63, 3.8) is 0 Å². The molecule has 0 aromatic heterocycles. The average molecular weight is 595 g/mol. The number of benzene rings is 1. The zero-order valence-electron chi connectivity index (χ0n) is 27.1. The summed E-state index contributed by atoms with van der Waals surface area (Å²) in [5.41, 5.74) is 3.73. The topological polar surface area (TPSA) is 125 Å². The number of methoxy groups -OCH3 is 2. The minimum atomic E-state index is -0.863. The highest BCUT2D eigenvalue weighted by atomic mass is 16.7. The van der Waals surface area contributed by atoms with Crippen LogP contribution < -0.4 is 20.3 Å². The van der Waals surface area contributed by atoms with Crippen LogP contribution >= 0.6 is 0 Å². The summed E-state index contributed by atoms with van der Waals surface area (Å²) >= 11 is 0. The lowest BCUT2D eigenvalue weighted by atomic mass is 9.82. The Bertz CT molecular complexity index is 972. The molecule has 0 radical (unpaired) electrons. The molecule has 0 aliphatic carbocycles. The number of ether oxygens (including phenoxy) is 4. The number of hydrogen-bond acceptors (Lipinski definition) is 9. The first-order valence-electron chi connectivity index (χ1n) is 14.9. The van der Waals surface area contributed by atoms with E-state index in [2.05, 4.69) is 24.6 Å². The van der Waals surface area contributed by atoms with Crippen LogP contribution in [-0.2, 0) is 30.3 Å². The second kappa shape index (κ2) is 19.5. The molecular formula is C32H54N2O8. The molecule has 240 valence electrons. The van der Waals surface area contributed by atoms with Crippen LogP contribution in [0.2, 0.25) is 0 Å². The number of amides is 1. The van der Waals surface area contributed by atoms with E-state index in [9.17, 15) is 14.7 Å². The highest BCUT2D eigenvalue weighted by Gasteiger charge is 2.30. The lowest BCUT2D eigenvalue weighted by Crippen LogP contribution is -2.46. The predicted molar refractivity (Wildman–Crippen MR) is 163 cm³/mol. The van der Waals surface area contributed by atoms with Gasteiger partial charge < -0.3 is 29.4 Å². The number of nitrogens with one attached hydrogen (secondary N) is 2. The van der Waals surface area contributed by atoms with Gasteiger partial charge in [0.1, 0.15) is 0 Å². The van der Waals surface area contributed by atoms with Gasteiger partial charge in [-0.25, -0.2) is 4.79 Å². The van der Waals surface area contributed by atoms with Crippen molar-refractivity contribution >= 4 is 11.8 Å². The van der Waals surface area contributed by atoms with E-state index in [4.69, 9.17) is 23.8 Å². The average Bonchev–Trinajstić information content (AvgIpc) is 2.94. The summed E-state index contributed by atoms with van der Waals surface area (Å²) in [5, 5.41) is 14.0. The zero-order valence-corrected chi connectivity index (χ0v) is 27.1. The second-order valence-corrected chi connectivity index (χ2v) is 11.9. The Kier molecular flexibility index (Phi) is 17.4. The first-order chi connectivity index (χ1) is 19.8. The van der Waals surface area contributed by atoms with Crippen LogP contribution in [0.25, 0.3) is 0 Å². The van der Waals surface area contributed by atoms with Gasteiger partial charge in [0.05, 0.1) is 44.6 Å². The SMILES string of the molecule is CCOC(=C=O)CNC(=O)[C@H](C)C[C@H](O)[C@H](C[C@H](Cc1ccc(OC)c(OCCCOC)c1)C(C)C)NOC(C)(C)C. The van der Waals surface area contributed by atoms with Crippen LogP contribution in [-0.4, -0.2) is 75.3 Å². The fourth-order valence-corrected chi connectivity index (χ4v) is 4.37. The molecule has 1 aromatic carbocycles. The first-order valence-corrected chi connectivity index (χ1v) is 14.9. The van der Waals surface area contributed by atoms with Gasteiger partial charge in [-0.3, -0.25) is 9.63 Å². The summed E-state index contributed by atoms with van der Waals surface area (Å²) in [6.07, 6.45) is 1.48. The van der Waals surface area contributed by atoms with E-state index < -0.39 is 23.7 Å². The molecule has 0 spiro atoms. The normalized spacial score (nSPS) is 14.5. The number of carbonyl (C=O) groups excluding carboxylic acids is 2. The Morgan fingerprint density at radius 3 is 2.36 bits per heavy atom. The second-order valence-electron chi connectivity index (χ2n) is 11.9. The number of aliphatic hydroxyl groups is 1. The standard InChI is InChI=1S/C32H54N2O8/c1-10-40-26(21-35)20-33-31(37)23(4)16-28(36)27(34-42-32(5,6)7)19-25(22(2)3)17-24-12-13-29(39-9)30(18-24)41-15-11-14-38-8/h12-13,18,22-23,25,27-28,34,36H,10-11,14-17,19-20H2,1-9H3,(H,33,37)/t23-,25+,27+,28+/m1/s1. The van der Waals surface area contributed by atoms with E-state index in [-0.39, 0.29) is 30.5 Å². The van der Waals surface area contributed by atoms with Crippen LogP contribution in [0, 0.1) is 17.8 Å². The van der Waals surface area contributed by atoms with Crippen molar-refractivity contribution in [3.05, 3.63) is 29.5 Å². The van der Waals surface area contributed by atoms with Crippen LogP contribution in [0.1, 0.15) is 73.3 Å². The van der Waals surface area contributed by atoms with Gasteiger partial charge >= 0.3 is 0 Å². The summed E-state index contributed by atoms with van der Waals surface area (Å²) < 4.78 is 21.8. The third kappa shape index (κ3) is 14.5. The van der Waals surface area contributed by atoms with Crippen LogP contribution in [0.5, 0.6) is 11.5 Å². The molecule has 1 aromatic rings. The molecule has 1 rings (SSSR count). The van der Waals surface area contributed by atoms with Crippen molar-refractivity contribution in [3.8, 4) is 11.5 Å². The Balaban J connectivity index is 3.03. The molecule has 4 atom stereocenters. The largest absolute Gasteiger partial charge is 0.493 e. The van der Waals surface area contributed by atoms with Crippen molar-refractivity contribution in [1.29, 1.82) is 0 Å². The lowest BCUT2D eigenvalue weighted by Gasteiger charge is -2.33. The van der Waals surface area contributed by atoms with E-state index >= 15 is 0 Å². The van der Waals surface area contributed by atoms with Gasteiger partial charge in [0, 0.05) is 26.1 Å². The van der Waals surface area contributed by atoms with Crippen LogP contribution in [0.4, 0.5) is 0 Å². The highest BCUT2D eigenvalue weighted by Crippen LogP contribution is 2.32. The molecule has 42 heavy (non-hydrogen) atoms. The quantitative estimate of drug-likeness (QED) is 0.0829. The van der Waals surface area contributed by atoms with Gasteiger partial charge in [0.2, 0.25) is 5.91 Å². The van der Waals surface area contributed by atoms with E-state index in [0.717, 1.165) is 18.4 Å². The number of carbonyl (C=O) groups is 1. The van der Waals surface area contributed by atoms with Crippen molar-refractivity contribution in [2.45, 2.75) is 91.9 Å². The number of hydroxylamine groups is 1. The highest BCUT2D eigenvalue weighted by molar-refractivity contribution is 5.78. The molecule has 0 saturated carbocycles. The summed E-state index contributed by atoms with van der Waals surface area (Å²) in [5.74, 6) is 2.80. The van der Waals surface area contributed by atoms with Crippen LogP contribution in [0.15, 0.2) is 24.0 Å². The molecule has 1 amide bonds. The summed E-state index contributed by atoms with van der Waals surface area (Å²) in [6, 6.07) is 5.55. The lowest BCUT2D eigenvalue weighted by molar-refractivity contribution is -0.128. The Morgan fingerprint density at radius 1 is 1.07 bits per heavy atom. The minimum Gasteiger partial charge on any atom is -0.493 e. The maximum absolute atomic E-state index is 12.7. The molecule has 10 heteroatoms. The van der Waals surface area contributed by atoms with Crippen molar-refractivity contribution in [2.24, 2.45) is 17.8 Å². The number of rotatable bonds is 21. The predicted octanol–water partition coefficient (Wildman–Crippen LogP) is 4.26. The molecule has 0 fully saturated rings. The summed E-state index contributed by atoms with van der Waals surface area (Å²) in [6.45, 7) is 15.0. The maximum Gasteiger partial charge on any atom is 0.223 e. The molecular weight excluding hydrogens is 540 g/mol. The molecule has 0 saturated heterocycles.